The van der Waals surface area contributed by atoms with Crippen LogP contribution in [-0.4, -0.2) is 54.1 Å². The third-order valence-electron chi connectivity index (χ3n) is 4.04. The third kappa shape index (κ3) is 5.76. The summed E-state index contributed by atoms with van der Waals surface area (Å²) in [5.41, 5.74) is 0. The van der Waals surface area contributed by atoms with E-state index in [-0.39, 0.29) is 5.75 Å². The Morgan fingerprint density at radius 1 is 1.26 bits per heavy atom. The van der Waals surface area contributed by atoms with Gasteiger partial charge >= 0.3 is 5.97 Å². The topological polar surface area (TPSA) is 104 Å². The monoisotopic (exact) mass is 348 g/mol. The molecule has 1 aliphatic rings. The number of hydrogen-bond donors (Lipinski definition) is 2. The van der Waals surface area contributed by atoms with Gasteiger partial charge in [-0.25, -0.2) is 13.2 Å². The molecule has 7 nitrogen and oxygen atoms in total. The molecule has 1 rings (SSSR count). The van der Waals surface area contributed by atoms with Crippen molar-refractivity contribution in [3.63, 3.8) is 0 Å². The van der Waals surface area contributed by atoms with Gasteiger partial charge in [0.15, 0.2) is 0 Å². The van der Waals surface area contributed by atoms with E-state index in [4.69, 9.17) is 0 Å². The van der Waals surface area contributed by atoms with Gasteiger partial charge in [0.2, 0.25) is 15.9 Å². The molecule has 23 heavy (non-hydrogen) atoms. The number of nitrogens with zero attached hydrogens (tertiary/aromatic N) is 1. The zero-order chi connectivity index (χ0) is 17.5. The molecule has 0 spiro atoms. The van der Waals surface area contributed by atoms with Crippen LogP contribution in [0, 0.1) is 0 Å². The fraction of sp³-hybridized carbons (Fsp3) is 0.867. The summed E-state index contributed by atoms with van der Waals surface area (Å²) < 4.78 is 25.9. The Kier molecular flexibility index (Phi) is 7.98. The number of hydrogen-bond acceptors (Lipinski definition) is 4. The molecule has 1 amide bonds. The highest BCUT2D eigenvalue weighted by Gasteiger charge is 2.37. The van der Waals surface area contributed by atoms with Crippen molar-refractivity contribution in [1.29, 1.82) is 0 Å². The normalized spacial score (nSPS) is 20.9. The minimum Gasteiger partial charge on any atom is -0.480 e. The Morgan fingerprint density at radius 2 is 1.96 bits per heavy atom. The van der Waals surface area contributed by atoms with Crippen LogP contribution in [0.1, 0.15) is 58.8 Å². The number of carboxylic acids is 1. The zero-order valence-electron chi connectivity index (χ0n) is 14.0. The van der Waals surface area contributed by atoms with Crippen molar-refractivity contribution in [2.24, 2.45) is 0 Å². The van der Waals surface area contributed by atoms with Gasteiger partial charge in [0.25, 0.3) is 0 Å². The quantitative estimate of drug-likeness (QED) is 0.654. The van der Waals surface area contributed by atoms with Crippen LogP contribution in [-0.2, 0) is 19.6 Å². The van der Waals surface area contributed by atoms with Gasteiger partial charge in [0.1, 0.15) is 12.1 Å². The lowest BCUT2D eigenvalue weighted by molar-refractivity contribution is -0.142. The van der Waals surface area contributed by atoms with Gasteiger partial charge in [-0.1, -0.05) is 33.1 Å². The number of unbranched alkanes of at least 4 members (excludes halogenated alkanes) is 1. The van der Waals surface area contributed by atoms with E-state index in [2.05, 4.69) is 5.32 Å². The summed E-state index contributed by atoms with van der Waals surface area (Å²) >= 11 is 0. The van der Waals surface area contributed by atoms with E-state index >= 15 is 0 Å². The number of carbonyl (C=O) groups is 2. The van der Waals surface area contributed by atoms with Crippen LogP contribution in [0.2, 0.25) is 0 Å². The lowest BCUT2D eigenvalue weighted by Crippen LogP contribution is -2.55. The predicted molar refractivity (Wildman–Crippen MR) is 87.5 cm³/mol. The van der Waals surface area contributed by atoms with Gasteiger partial charge in [0, 0.05) is 6.54 Å². The molecule has 1 heterocycles. The summed E-state index contributed by atoms with van der Waals surface area (Å²) in [4.78, 5) is 23.7. The molecule has 0 aliphatic carbocycles. The van der Waals surface area contributed by atoms with Crippen LogP contribution in [0.25, 0.3) is 0 Å². The third-order valence-corrected chi connectivity index (χ3v) is 6.11. The van der Waals surface area contributed by atoms with Gasteiger partial charge in [0.05, 0.1) is 5.75 Å². The maximum absolute atomic E-state index is 12.5. The number of aliphatic carboxylic acids is 1. The first-order chi connectivity index (χ1) is 10.8. The molecular weight excluding hydrogens is 320 g/mol. The van der Waals surface area contributed by atoms with E-state index in [9.17, 15) is 23.1 Å². The van der Waals surface area contributed by atoms with Crippen molar-refractivity contribution in [3.05, 3.63) is 0 Å². The number of carbonyl (C=O) groups excluding carboxylic acids is 1. The summed E-state index contributed by atoms with van der Waals surface area (Å²) in [5, 5.41) is 11.7. The van der Waals surface area contributed by atoms with Crippen molar-refractivity contribution in [1.82, 2.24) is 9.62 Å². The second-order valence-corrected chi connectivity index (χ2v) is 8.02. The standard InChI is InChI=1S/C15H28N2O5S/c1-3-5-8-12(15(19)20)16-14(18)13-9-6-7-10-17(13)23(21,22)11-4-2/h12-13H,3-11H2,1-2H3,(H,16,18)(H,19,20). The van der Waals surface area contributed by atoms with Crippen LogP contribution in [0.4, 0.5) is 0 Å². The second-order valence-electron chi connectivity index (χ2n) is 5.98. The van der Waals surface area contributed by atoms with Gasteiger partial charge in [-0.15, -0.1) is 0 Å². The van der Waals surface area contributed by atoms with Crippen molar-refractivity contribution in [3.8, 4) is 0 Å². The van der Waals surface area contributed by atoms with Crippen molar-refractivity contribution in [2.75, 3.05) is 12.3 Å². The van der Waals surface area contributed by atoms with Crippen LogP contribution < -0.4 is 5.32 Å². The first-order valence-electron chi connectivity index (χ1n) is 8.36. The minimum atomic E-state index is -3.48. The lowest BCUT2D eigenvalue weighted by Gasteiger charge is -2.34. The zero-order valence-corrected chi connectivity index (χ0v) is 14.8. The first kappa shape index (κ1) is 19.9. The summed E-state index contributed by atoms with van der Waals surface area (Å²) in [7, 11) is -3.48. The summed E-state index contributed by atoms with van der Waals surface area (Å²) in [5.74, 6) is -1.56. The average Bonchev–Trinajstić information content (AvgIpc) is 2.50. The van der Waals surface area contributed by atoms with E-state index in [1.165, 1.54) is 4.31 Å². The molecule has 0 radical (unpaired) electrons. The smallest absolute Gasteiger partial charge is 0.326 e. The van der Waals surface area contributed by atoms with E-state index in [0.717, 1.165) is 19.3 Å². The van der Waals surface area contributed by atoms with Crippen LogP contribution in [0.15, 0.2) is 0 Å². The highest BCUT2D eigenvalue weighted by molar-refractivity contribution is 7.89. The van der Waals surface area contributed by atoms with E-state index in [0.29, 0.717) is 32.2 Å². The molecule has 0 aromatic rings. The van der Waals surface area contributed by atoms with Crippen LogP contribution in [0.3, 0.4) is 0 Å². The molecule has 2 N–H and O–H groups in total. The van der Waals surface area contributed by atoms with Crippen molar-refractivity contribution >= 4 is 21.9 Å². The Morgan fingerprint density at radius 3 is 2.52 bits per heavy atom. The number of nitrogens with one attached hydrogen (secondary N) is 1. The Bertz CT molecular complexity index is 506. The molecule has 134 valence electrons. The average molecular weight is 348 g/mol. The fourth-order valence-corrected chi connectivity index (χ4v) is 4.56. The first-order valence-corrected chi connectivity index (χ1v) is 9.97. The molecule has 1 fully saturated rings. The largest absolute Gasteiger partial charge is 0.480 e. The second kappa shape index (κ2) is 9.22. The maximum atomic E-state index is 12.5. The molecule has 0 bridgehead atoms. The maximum Gasteiger partial charge on any atom is 0.326 e. The highest BCUT2D eigenvalue weighted by atomic mass is 32.2. The fourth-order valence-electron chi connectivity index (χ4n) is 2.81. The molecule has 2 atom stereocenters. The molecule has 0 aromatic carbocycles. The molecule has 1 aliphatic heterocycles. The summed E-state index contributed by atoms with van der Waals surface area (Å²) in [6.45, 7) is 4.05. The number of rotatable bonds is 9. The molecule has 0 saturated carbocycles. The van der Waals surface area contributed by atoms with E-state index < -0.39 is 34.0 Å². The molecule has 0 aromatic heterocycles. The number of carboxylic acid groups (broad SMARTS) is 1. The SMILES string of the molecule is CCCCC(NC(=O)C1CCCCN1S(=O)(=O)CCC)C(=O)O. The molecule has 1 saturated heterocycles. The molecule has 8 heteroatoms. The molecule has 2 unspecified atom stereocenters. The summed E-state index contributed by atoms with van der Waals surface area (Å²) in [6, 6.07) is -1.75. The van der Waals surface area contributed by atoms with Crippen molar-refractivity contribution < 1.29 is 23.1 Å². The van der Waals surface area contributed by atoms with Crippen LogP contribution >= 0.6 is 0 Å². The van der Waals surface area contributed by atoms with Gasteiger partial charge in [-0.05, 0) is 25.7 Å². The van der Waals surface area contributed by atoms with Gasteiger partial charge < -0.3 is 10.4 Å². The Labute approximate surface area is 138 Å². The molecular formula is C15H28N2O5S. The Hall–Kier alpha value is -1.15. The Balaban J connectivity index is 2.83. The lowest BCUT2D eigenvalue weighted by atomic mass is 10.0. The number of amides is 1. The number of piperidine rings is 1. The van der Waals surface area contributed by atoms with E-state index in [1.807, 2.05) is 6.92 Å². The minimum absolute atomic E-state index is 0.00890. The highest BCUT2D eigenvalue weighted by Crippen LogP contribution is 2.21. The van der Waals surface area contributed by atoms with Crippen LogP contribution in [0.5, 0.6) is 0 Å². The van der Waals surface area contributed by atoms with Gasteiger partial charge in [-0.3, -0.25) is 4.79 Å². The van der Waals surface area contributed by atoms with Gasteiger partial charge in [-0.2, -0.15) is 4.31 Å². The van der Waals surface area contributed by atoms with E-state index in [1.54, 1.807) is 6.92 Å². The summed E-state index contributed by atoms with van der Waals surface area (Å²) in [6.07, 6.45) is 4.30. The number of sulfonamides is 1. The predicted octanol–water partition coefficient (Wildman–Crippen LogP) is 1.34. The van der Waals surface area contributed by atoms with Crippen molar-refractivity contribution in [2.45, 2.75) is 70.9 Å².